The molecule has 1 heterocycles. The van der Waals surface area contributed by atoms with E-state index in [0.29, 0.717) is 13.2 Å². The molecule has 0 aliphatic carbocycles. The van der Waals surface area contributed by atoms with Crippen LogP contribution in [0, 0.1) is 0 Å². The van der Waals surface area contributed by atoms with Gasteiger partial charge in [0, 0.05) is 18.9 Å². The van der Waals surface area contributed by atoms with Gasteiger partial charge in [-0.15, -0.1) is 0 Å². The van der Waals surface area contributed by atoms with E-state index in [4.69, 9.17) is 4.74 Å². The van der Waals surface area contributed by atoms with Gasteiger partial charge in [-0.25, -0.2) is 0 Å². The van der Waals surface area contributed by atoms with Crippen LogP contribution in [0.15, 0.2) is 18.5 Å². The van der Waals surface area contributed by atoms with Gasteiger partial charge in [0.05, 0.1) is 6.61 Å². The summed E-state index contributed by atoms with van der Waals surface area (Å²) in [6.45, 7) is 6.50. The number of nitrogens with one attached hydrogen (secondary N) is 2. The summed E-state index contributed by atoms with van der Waals surface area (Å²) in [6.07, 6.45) is 3.75. The van der Waals surface area contributed by atoms with Crippen molar-refractivity contribution < 1.29 is 9.53 Å². The van der Waals surface area contributed by atoms with Crippen molar-refractivity contribution in [2.45, 2.75) is 32.9 Å². The van der Waals surface area contributed by atoms with Crippen molar-refractivity contribution in [3.05, 3.63) is 24.0 Å². The van der Waals surface area contributed by atoms with Crippen molar-refractivity contribution in [3.8, 4) is 0 Å². The third-order valence-corrected chi connectivity index (χ3v) is 2.18. The third-order valence-electron chi connectivity index (χ3n) is 2.18. The standard InChI is InChI=1S/C11H18N2O2/c1-4-15-10(14)11(2,3)13-8-9-5-6-12-7-9/h5-7,12-13H,4,8H2,1-3H3. The summed E-state index contributed by atoms with van der Waals surface area (Å²) >= 11 is 0. The van der Waals surface area contributed by atoms with E-state index in [2.05, 4.69) is 10.3 Å². The van der Waals surface area contributed by atoms with Crippen molar-refractivity contribution in [2.24, 2.45) is 0 Å². The van der Waals surface area contributed by atoms with E-state index >= 15 is 0 Å². The summed E-state index contributed by atoms with van der Waals surface area (Å²) in [4.78, 5) is 14.5. The zero-order chi connectivity index (χ0) is 11.3. The SMILES string of the molecule is CCOC(=O)C(C)(C)NCc1cc[nH]c1. The van der Waals surface area contributed by atoms with Crippen LogP contribution in [0.3, 0.4) is 0 Å². The first-order valence-electron chi connectivity index (χ1n) is 5.10. The molecule has 0 amide bonds. The molecule has 0 aliphatic heterocycles. The zero-order valence-corrected chi connectivity index (χ0v) is 9.46. The quantitative estimate of drug-likeness (QED) is 0.723. The molecule has 0 radical (unpaired) electrons. The maximum atomic E-state index is 11.5. The smallest absolute Gasteiger partial charge is 0.325 e. The number of hydrogen-bond acceptors (Lipinski definition) is 3. The normalized spacial score (nSPS) is 11.4. The molecule has 1 rings (SSSR count). The predicted molar refractivity (Wildman–Crippen MR) is 58.3 cm³/mol. The first-order chi connectivity index (χ1) is 7.06. The molecule has 0 spiro atoms. The second-order valence-corrected chi connectivity index (χ2v) is 3.92. The minimum atomic E-state index is -0.646. The molecule has 0 aromatic carbocycles. The van der Waals surface area contributed by atoms with Crippen LogP contribution in [0.25, 0.3) is 0 Å². The lowest BCUT2D eigenvalue weighted by Crippen LogP contribution is -2.47. The maximum Gasteiger partial charge on any atom is 0.325 e. The molecule has 0 unspecified atom stereocenters. The van der Waals surface area contributed by atoms with Crippen LogP contribution in [0.2, 0.25) is 0 Å². The maximum absolute atomic E-state index is 11.5. The van der Waals surface area contributed by atoms with Gasteiger partial charge in [-0.05, 0) is 32.4 Å². The second-order valence-electron chi connectivity index (χ2n) is 3.92. The van der Waals surface area contributed by atoms with Gasteiger partial charge in [-0.3, -0.25) is 10.1 Å². The first-order valence-corrected chi connectivity index (χ1v) is 5.10. The number of aromatic nitrogens is 1. The number of carbonyl (C=O) groups is 1. The molecule has 0 atom stereocenters. The Labute approximate surface area is 90.0 Å². The van der Waals surface area contributed by atoms with E-state index < -0.39 is 5.54 Å². The summed E-state index contributed by atoms with van der Waals surface area (Å²) in [7, 11) is 0. The van der Waals surface area contributed by atoms with Crippen molar-refractivity contribution >= 4 is 5.97 Å². The van der Waals surface area contributed by atoms with Crippen LogP contribution in [0.1, 0.15) is 26.3 Å². The predicted octanol–water partition coefficient (Wildman–Crippen LogP) is 1.45. The van der Waals surface area contributed by atoms with Crippen LogP contribution >= 0.6 is 0 Å². The van der Waals surface area contributed by atoms with Crippen molar-refractivity contribution in [2.75, 3.05) is 6.61 Å². The molecule has 4 heteroatoms. The Hall–Kier alpha value is -1.29. The van der Waals surface area contributed by atoms with Crippen LogP contribution in [0.4, 0.5) is 0 Å². The number of ether oxygens (including phenoxy) is 1. The fraction of sp³-hybridized carbons (Fsp3) is 0.545. The van der Waals surface area contributed by atoms with Gasteiger partial charge in [0.1, 0.15) is 5.54 Å². The minimum Gasteiger partial charge on any atom is -0.465 e. The fourth-order valence-electron chi connectivity index (χ4n) is 1.18. The van der Waals surface area contributed by atoms with Gasteiger partial charge in [0.2, 0.25) is 0 Å². The summed E-state index contributed by atoms with van der Waals surface area (Å²) in [6, 6.07) is 1.97. The Balaban J connectivity index is 2.45. The molecule has 0 fully saturated rings. The number of aromatic amines is 1. The van der Waals surface area contributed by atoms with Gasteiger partial charge in [-0.1, -0.05) is 0 Å². The van der Waals surface area contributed by atoms with Gasteiger partial charge >= 0.3 is 5.97 Å². The third kappa shape index (κ3) is 3.40. The van der Waals surface area contributed by atoms with Crippen molar-refractivity contribution in [1.82, 2.24) is 10.3 Å². The number of hydrogen-bond donors (Lipinski definition) is 2. The molecule has 15 heavy (non-hydrogen) atoms. The second kappa shape index (κ2) is 4.98. The lowest BCUT2D eigenvalue weighted by atomic mass is 10.1. The van der Waals surface area contributed by atoms with Crippen LogP contribution in [-0.4, -0.2) is 23.1 Å². The van der Waals surface area contributed by atoms with E-state index in [1.165, 1.54) is 0 Å². The summed E-state index contributed by atoms with van der Waals surface area (Å²) < 4.78 is 4.97. The van der Waals surface area contributed by atoms with Gasteiger partial charge < -0.3 is 9.72 Å². The number of carbonyl (C=O) groups excluding carboxylic acids is 1. The lowest BCUT2D eigenvalue weighted by Gasteiger charge is -2.23. The van der Waals surface area contributed by atoms with Crippen LogP contribution < -0.4 is 5.32 Å². The number of esters is 1. The summed E-state index contributed by atoms with van der Waals surface area (Å²) in [5, 5.41) is 3.15. The highest BCUT2D eigenvalue weighted by molar-refractivity contribution is 5.79. The Bertz CT molecular complexity index is 304. The zero-order valence-electron chi connectivity index (χ0n) is 9.46. The van der Waals surface area contributed by atoms with E-state index in [-0.39, 0.29) is 5.97 Å². The molecule has 2 N–H and O–H groups in total. The van der Waals surface area contributed by atoms with Gasteiger partial charge in [0.25, 0.3) is 0 Å². The topological polar surface area (TPSA) is 54.1 Å². The van der Waals surface area contributed by atoms with E-state index in [1.807, 2.05) is 32.3 Å². The van der Waals surface area contributed by atoms with Gasteiger partial charge in [-0.2, -0.15) is 0 Å². The van der Waals surface area contributed by atoms with E-state index in [1.54, 1.807) is 6.92 Å². The molecule has 0 saturated carbocycles. The Morgan fingerprint density at radius 1 is 1.60 bits per heavy atom. The van der Waals surface area contributed by atoms with Crippen LogP contribution in [0.5, 0.6) is 0 Å². The average Bonchev–Trinajstić information content (AvgIpc) is 2.68. The highest BCUT2D eigenvalue weighted by Crippen LogP contribution is 2.07. The average molecular weight is 210 g/mol. The minimum absolute atomic E-state index is 0.222. The molecular formula is C11H18N2O2. The Kier molecular flexibility index (Phi) is 3.91. The molecule has 1 aromatic heterocycles. The molecule has 0 bridgehead atoms. The highest BCUT2D eigenvalue weighted by Gasteiger charge is 2.28. The summed E-state index contributed by atoms with van der Waals surface area (Å²) in [5.41, 5.74) is 0.472. The number of H-pyrrole nitrogens is 1. The fourth-order valence-corrected chi connectivity index (χ4v) is 1.18. The molecule has 84 valence electrons. The molecule has 4 nitrogen and oxygen atoms in total. The monoisotopic (exact) mass is 210 g/mol. The van der Waals surface area contributed by atoms with Crippen molar-refractivity contribution in [1.29, 1.82) is 0 Å². The van der Waals surface area contributed by atoms with E-state index in [9.17, 15) is 4.79 Å². The molecule has 0 aliphatic rings. The van der Waals surface area contributed by atoms with E-state index in [0.717, 1.165) is 5.56 Å². The molecule has 0 saturated heterocycles. The molecular weight excluding hydrogens is 192 g/mol. The largest absolute Gasteiger partial charge is 0.465 e. The van der Waals surface area contributed by atoms with Gasteiger partial charge in [0.15, 0.2) is 0 Å². The summed E-state index contributed by atoms with van der Waals surface area (Å²) in [5.74, 6) is -0.222. The highest BCUT2D eigenvalue weighted by atomic mass is 16.5. The number of rotatable bonds is 5. The Morgan fingerprint density at radius 2 is 2.33 bits per heavy atom. The molecule has 1 aromatic rings. The van der Waals surface area contributed by atoms with Crippen molar-refractivity contribution in [3.63, 3.8) is 0 Å². The Morgan fingerprint density at radius 3 is 2.87 bits per heavy atom. The first kappa shape index (κ1) is 11.8. The lowest BCUT2D eigenvalue weighted by molar-refractivity contribution is -0.149. The van der Waals surface area contributed by atoms with Crippen LogP contribution in [-0.2, 0) is 16.1 Å².